The van der Waals surface area contributed by atoms with Crippen molar-refractivity contribution >= 4 is 71.9 Å². The molecule has 0 aromatic heterocycles. The van der Waals surface area contributed by atoms with Crippen molar-refractivity contribution in [3.8, 4) is 11.5 Å². The zero-order valence-corrected chi connectivity index (χ0v) is 17.6. The number of nitro groups is 6. The molecule has 0 aliphatic carbocycles. The predicted octanol–water partition coefficient (Wildman–Crippen LogP) is 0.589. The second-order valence-electron chi connectivity index (χ2n) is 5.17. The van der Waals surface area contributed by atoms with E-state index in [-0.39, 0.29) is 37.7 Å². The summed E-state index contributed by atoms with van der Waals surface area (Å²) in [6, 6.07) is 1.54. The molecule has 0 aliphatic rings. The SMILES string of the molecule is O=[N+]([O-])c1cc([N+](=O)[O-])c([O-])c([N+](=O)[O-])c1.O=[N+]([O-])c1cc([N+](=O)[O-])c([O-])c([N+](=O)[O-])c1.[Ca+2]. The molecule has 2 aromatic rings. The van der Waals surface area contributed by atoms with Gasteiger partial charge in [0, 0.05) is 0 Å². The van der Waals surface area contributed by atoms with Crippen LogP contribution in [-0.4, -0.2) is 67.3 Å². The van der Waals surface area contributed by atoms with E-state index in [0.29, 0.717) is 24.3 Å². The third-order valence-corrected chi connectivity index (χ3v) is 3.28. The van der Waals surface area contributed by atoms with Gasteiger partial charge in [0.1, 0.15) is 0 Å². The van der Waals surface area contributed by atoms with Crippen molar-refractivity contribution in [3.05, 3.63) is 85.0 Å². The molecule has 168 valence electrons. The van der Waals surface area contributed by atoms with Crippen LogP contribution in [0.3, 0.4) is 0 Å². The van der Waals surface area contributed by atoms with Crippen LogP contribution in [0.4, 0.5) is 34.1 Å². The van der Waals surface area contributed by atoms with Gasteiger partial charge in [0.15, 0.2) is 0 Å². The van der Waals surface area contributed by atoms with Crippen LogP contribution >= 0.6 is 0 Å². The molecule has 0 saturated heterocycles. The van der Waals surface area contributed by atoms with Crippen LogP contribution < -0.4 is 10.2 Å². The molecule has 0 atom stereocenters. The summed E-state index contributed by atoms with van der Waals surface area (Å²) in [7, 11) is 0. The van der Waals surface area contributed by atoms with Gasteiger partial charge in [-0.3, -0.25) is 60.7 Å². The monoisotopic (exact) mass is 496 g/mol. The molecule has 0 amide bonds. The van der Waals surface area contributed by atoms with Gasteiger partial charge >= 0.3 is 37.7 Å². The summed E-state index contributed by atoms with van der Waals surface area (Å²) >= 11 is 0. The van der Waals surface area contributed by atoms with Crippen molar-refractivity contribution in [1.82, 2.24) is 0 Å². The molecule has 21 heteroatoms. The van der Waals surface area contributed by atoms with E-state index < -0.39 is 75.2 Å². The normalized spacial score (nSPS) is 9.45. The zero-order valence-electron chi connectivity index (χ0n) is 15.4. The van der Waals surface area contributed by atoms with Crippen LogP contribution in [0, 0.1) is 60.7 Å². The largest absolute Gasteiger partial charge is 2.00 e. The van der Waals surface area contributed by atoms with Crippen molar-refractivity contribution in [2.24, 2.45) is 0 Å². The van der Waals surface area contributed by atoms with Gasteiger partial charge in [-0.15, -0.1) is 0 Å². The van der Waals surface area contributed by atoms with Gasteiger partial charge in [-0.25, -0.2) is 0 Å². The number of hydrogen-bond acceptors (Lipinski definition) is 14. The van der Waals surface area contributed by atoms with Crippen LogP contribution in [0.2, 0.25) is 0 Å². The van der Waals surface area contributed by atoms with Gasteiger partial charge < -0.3 is 10.2 Å². The quantitative estimate of drug-likeness (QED) is 0.300. The van der Waals surface area contributed by atoms with E-state index >= 15 is 0 Å². The topological polar surface area (TPSA) is 305 Å². The smallest absolute Gasteiger partial charge is 0.863 e. The predicted molar refractivity (Wildman–Crippen MR) is 97.5 cm³/mol. The summed E-state index contributed by atoms with van der Waals surface area (Å²) in [6.45, 7) is 0. The molecule has 0 heterocycles. The van der Waals surface area contributed by atoms with Gasteiger partial charge in [-0.1, -0.05) is 0 Å². The van der Waals surface area contributed by atoms with Crippen molar-refractivity contribution in [3.63, 3.8) is 0 Å². The van der Waals surface area contributed by atoms with Crippen molar-refractivity contribution in [2.75, 3.05) is 0 Å². The maximum absolute atomic E-state index is 11.1. The first kappa shape index (κ1) is 28.7. The standard InChI is InChI=1S/2C6H3N3O7.Ca/c2*10-6-4(8(13)14)1-3(7(11)12)2-5(6)9(15)16;/h2*1-2,10H;/q;;+2/p-2. The number of rotatable bonds is 6. The third kappa shape index (κ3) is 6.84. The molecule has 33 heavy (non-hydrogen) atoms. The Morgan fingerprint density at radius 2 is 0.606 bits per heavy atom. The number of non-ortho nitro benzene ring substituents is 2. The summed E-state index contributed by atoms with van der Waals surface area (Å²) in [5.74, 6) is -2.92. The van der Waals surface area contributed by atoms with Crippen molar-refractivity contribution < 1.29 is 39.8 Å². The number of benzene rings is 2. The molecule has 20 nitrogen and oxygen atoms in total. The van der Waals surface area contributed by atoms with E-state index in [0.717, 1.165) is 0 Å². The fourth-order valence-corrected chi connectivity index (χ4v) is 1.92. The minimum atomic E-state index is -1.46. The Morgan fingerprint density at radius 3 is 0.727 bits per heavy atom. The second-order valence-corrected chi connectivity index (χ2v) is 5.17. The maximum atomic E-state index is 11.1. The fraction of sp³-hybridized carbons (Fsp3) is 0. The van der Waals surface area contributed by atoms with E-state index in [2.05, 4.69) is 0 Å². The summed E-state index contributed by atoms with van der Waals surface area (Å²) < 4.78 is 0. The average molecular weight is 496 g/mol. The third-order valence-electron chi connectivity index (χ3n) is 3.28. The minimum Gasteiger partial charge on any atom is -0.863 e. The Kier molecular flexibility index (Phi) is 9.88. The van der Waals surface area contributed by atoms with Gasteiger partial charge in [0.05, 0.1) is 65.3 Å². The van der Waals surface area contributed by atoms with Crippen LogP contribution in [0.25, 0.3) is 0 Å². The van der Waals surface area contributed by atoms with Crippen molar-refractivity contribution in [1.29, 1.82) is 0 Å². The van der Waals surface area contributed by atoms with Gasteiger partial charge in [-0.05, 0) is 0 Å². The fourth-order valence-electron chi connectivity index (χ4n) is 1.92. The Labute approximate surface area is 207 Å². The van der Waals surface area contributed by atoms with E-state index in [9.17, 15) is 70.9 Å². The molecule has 0 aliphatic heterocycles. The Balaban J connectivity index is 0.000000602. The van der Waals surface area contributed by atoms with Gasteiger partial charge in [0.25, 0.3) is 34.1 Å². The molecule has 0 N–H and O–H groups in total. The van der Waals surface area contributed by atoms with Crippen LogP contribution in [0.1, 0.15) is 0 Å². The molecular weight excluding hydrogens is 492 g/mol. The van der Waals surface area contributed by atoms with Gasteiger partial charge in [-0.2, -0.15) is 0 Å². The molecule has 0 spiro atoms. The van der Waals surface area contributed by atoms with E-state index in [4.69, 9.17) is 0 Å². The number of nitrogens with zero attached hydrogens (tertiary/aromatic N) is 6. The molecule has 0 fully saturated rings. The first-order valence-electron chi connectivity index (χ1n) is 7.25. The van der Waals surface area contributed by atoms with Crippen LogP contribution in [0.5, 0.6) is 11.5 Å². The Morgan fingerprint density at radius 1 is 0.424 bits per heavy atom. The van der Waals surface area contributed by atoms with E-state index in [1.807, 2.05) is 0 Å². The summed E-state index contributed by atoms with van der Waals surface area (Å²) in [5.41, 5.74) is -6.53. The maximum Gasteiger partial charge on any atom is 2.00 e. The molecule has 2 aromatic carbocycles. The molecular formula is C12H4CaN6O14. The molecule has 0 bridgehead atoms. The van der Waals surface area contributed by atoms with E-state index in [1.54, 1.807) is 0 Å². The van der Waals surface area contributed by atoms with Crippen LogP contribution in [0.15, 0.2) is 24.3 Å². The van der Waals surface area contributed by atoms with Crippen molar-refractivity contribution in [2.45, 2.75) is 0 Å². The molecule has 0 radical (unpaired) electrons. The summed E-state index contributed by atoms with van der Waals surface area (Å²) in [5, 5.41) is 84.2. The average Bonchev–Trinajstić information content (AvgIpc) is 2.67. The summed E-state index contributed by atoms with van der Waals surface area (Å²) in [6.07, 6.45) is 0. The molecule has 0 saturated carbocycles. The minimum absolute atomic E-state index is 0. The van der Waals surface area contributed by atoms with Gasteiger partial charge in [0.2, 0.25) is 0 Å². The Hall–Kier alpha value is -4.30. The molecule has 2 rings (SSSR count). The number of nitro benzene ring substituents is 6. The van der Waals surface area contributed by atoms with E-state index in [1.165, 1.54) is 0 Å². The summed E-state index contributed by atoms with van der Waals surface area (Å²) in [4.78, 5) is 55.0. The second kappa shape index (κ2) is 11.4. The van der Waals surface area contributed by atoms with Crippen LogP contribution in [-0.2, 0) is 0 Å². The first-order valence-corrected chi connectivity index (χ1v) is 7.25. The number of hydrogen-bond donors (Lipinski definition) is 0. The molecule has 0 unspecified atom stereocenters. The Bertz CT molecular complexity index is 1020. The first-order chi connectivity index (χ1) is 14.7. The zero-order chi connectivity index (χ0) is 24.9.